The fraction of sp³-hybridized carbons (Fsp3) is 0.462. The molecule has 2 aromatic heterocycles. The van der Waals surface area contributed by atoms with Gasteiger partial charge in [-0.3, -0.25) is 24.3 Å². The molecule has 0 spiro atoms. The fourth-order valence-corrected chi connectivity index (χ4v) is 5.46. The second-order valence-corrected chi connectivity index (χ2v) is 10.8. The third kappa shape index (κ3) is 5.27. The van der Waals surface area contributed by atoms with Gasteiger partial charge in [-0.05, 0) is 44.9 Å². The van der Waals surface area contributed by atoms with Gasteiger partial charge >= 0.3 is 5.97 Å². The Labute approximate surface area is 218 Å². The van der Waals surface area contributed by atoms with Crippen LogP contribution >= 0.6 is 11.6 Å². The first-order valence-corrected chi connectivity index (χ1v) is 12.7. The molecule has 2 aliphatic heterocycles. The van der Waals surface area contributed by atoms with Crippen LogP contribution < -0.4 is 5.32 Å². The number of H-pyrrole nitrogens is 1. The van der Waals surface area contributed by atoms with Gasteiger partial charge in [0.2, 0.25) is 11.8 Å². The molecule has 5 rings (SSSR count). The number of pyridine rings is 1. The van der Waals surface area contributed by atoms with Crippen LogP contribution in [0.25, 0.3) is 21.8 Å². The van der Waals surface area contributed by atoms with Crippen molar-refractivity contribution in [2.75, 3.05) is 38.1 Å². The lowest BCUT2D eigenvalue weighted by Gasteiger charge is -2.43. The molecule has 11 heteroatoms. The summed E-state index contributed by atoms with van der Waals surface area (Å²) in [5.74, 6) is -1.65. The molecule has 2 aliphatic rings. The molecule has 2 saturated heterocycles. The summed E-state index contributed by atoms with van der Waals surface area (Å²) in [6.45, 7) is 5.23. The molecular weight excluding hydrogens is 498 g/mol. The molecule has 0 radical (unpaired) electrons. The molecule has 1 atom stereocenters. The first-order valence-electron chi connectivity index (χ1n) is 12.4. The normalized spacial score (nSPS) is 20.8. The third-order valence-electron chi connectivity index (χ3n) is 7.23. The van der Waals surface area contributed by atoms with Crippen LogP contribution in [0.4, 0.5) is 5.69 Å². The van der Waals surface area contributed by atoms with E-state index in [9.17, 15) is 19.5 Å². The number of amides is 2. The van der Waals surface area contributed by atoms with Gasteiger partial charge in [0.15, 0.2) is 0 Å². The Bertz CT molecular complexity index is 1360. The summed E-state index contributed by atoms with van der Waals surface area (Å²) in [5, 5.41) is 14.5. The number of likely N-dealkylation sites (tertiary alicyclic amines) is 1. The molecule has 4 heterocycles. The number of aromatic amines is 1. The van der Waals surface area contributed by atoms with Crippen LogP contribution in [0.3, 0.4) is 0 Å². The van der Waals surface area contributed by atoms with E-state index in [4.69, 9.17) is 16.3 Å². The summed E-state index contributed by atoms with van der Waals surface area (Å²) >= 11 is 6.40. The molecule has 2 amide bonds. The molecule has 0 aliphatic carbocycles. The number of anilines is 1. The average Bonchev–Trinajstić information content (AvgIpc) is 3.22. The number of ether oxygens (including phenoxy) is 1. The van der Waals surface area contributed by atoms with Crippen LogP contribution in [0.5, 0.6) is 0 Å². The van der Waals surface area contributed by atoms with E-state index in [1.165, 1.54) is 0 Å². The minimum Gasteiger partial charge on any atom is -0.481 e. The number of carbonyl (C=O) groups excluding carboxylic acids is 2. The zero-order valence-corrected chi connectivity index (χ0v) is 21.5. The number of carboxylic acid groups (broad SMARTS) is 1. The lowest BCUT2D eigenvalue weighted by Crippen LogP contribution is -2.60. The number of nitrogens with one attached hydrogen (secondary N) is 2. The van der Waals surface area contributed by atoms with E-state index in [0.717, 1.165) is 21.8 Å². The summed E-state index contributed by atoms with van der Waals surface area (Å²) < 4.78 is 5.96. The quantitative estimate of drug-likeness (QED) is 0.465. The number of rotatable bonds is 5. The van der Waals surface area contributed by atoms with Crippen molar-refractivity contribution in [3.05, 3.63) is 35.6 Å². The molecule has 10 nitrogen and oxygen atoms in total. The van der Waals surface area contributed by atoms with Crippen molar-refractivity contribution in [3.63, 3.8) is 0 Å². The van der Waals surface area contributed by atoms with Crippen LogP contribution in [-0.2, 0) is 19.1 Å². The molecule has 37 heavy (non-hydrogen) atoms. The van der Waals surface area contributed by atoms with E-state index >= 15 is 0 Å². The molecule has 2 fully saturated rings. The smallest absolute Gasteiger partial charge is 0.306 e. The molecule has 196 valence electrons. The highest BCUT2D eigenvalue weighted by atomic mass is 35.5. The van der Waals surface area contributed by atoms with Crippen LogP contribution in [0.2, 0.25) is 5.02 Å². The minimum atomic E-state index is -0.819. The average molecular weight is 528 g/mol. The van der Waals surface area contributed by atoms with Crippen molar-refractivity contribution >= 4 is 56.9 Å². The van der Waals surface area contributed by atoms with Crippen molar-refractivity contribution < 1.29 is 24.2 Å². The first kappa shape index (κ1) is 25.4. The largest absolute Gasteiger partial charge is 0.481 e. The maximum absolute atomic E-state index is 13.5. The lowest BCUT2D eigenvalue weighted by atomic mass is 9.97. The minimum absolute atomic E-state index is 0.0473. The molecule has 0 saturated carbocycles. The van der Waals surface area contributed by atoms with Gasteiger partial charge in [-0.15, -0.1) is 0 Å². The number of hydrogen-bond acceptors (Lipinski definition) is 6. The Balaban J connectivity index is 1.35. The second-order valence-electron chi connectivity index (χ2n) is 10.4. The van der Waals surface area contributed by atoms with Gasteiger partial charge in [0.05, 0.1) is 47.6 Å². The summed E-state index contributed by atoms with van der Waals surface area (Å²) in [6.07, 6.45) is 4.29. The Hall–Kier alpha value is -3.21. The molecule has 3 N–H and O–H groups in total. The van der Waals surface area contributed by atoms with Crippen LogP contribution in [0.15, 0.2) is 30.6 Å². The number of halogens is 1. The Morgan fingerprint density at radius 3 is 2.73 bits per heavy atom. The van der Waals surface area contributed by atoms with Crippen molar-refractivity contribution in [2.45, 2.75) is 38.3 Å². The standard InChI is InChI=1S/C26H30ClN5O5/c1-26(2)14-32(12-22(33)31-7-4-15(5-8-31)25(35)36)21(13-37-26)24(34)30-19-10-16(27)9-18-17-3-6-28-11-20(17)29-23(18)19/h3,6,9-11,15,21,29H,4-5,7-8,12-14H2,1-2H3,(H,30,34)(H,35,36)/t21-/m0/s1. The molecule has 3 aromatic rings. The molecule has 1 aromatic carbocycles. The predicted octanol–water partition coefficient (Wildman–Crippen LogP) is 3.11. The van der Waals surface area contributed by atoms with E-state index in [-0.39, 0.29) is 25.0 Å². The summed E-state index contributed by atoms with van der Waals surface area (Å²) in [5.41, 5.74) is 1.58. The summed E-state index contributed by atoms with van der Waals surface area (Å²) in [4.78, 5) is 48.9. The van der Waals surface area contributed by atoms with Crippen molar-refractivity contribution in [1.29, 1.82) is 0 Å². The second kappa shape index (κ2) is 9.92. The maximum Gasteiger partial charge on any atom is 0.306 e. The molecular formula is C26H30ClN5O5. The Morgan fingerprint density at radius 2 is 2.00 bits per heavy atom. The first-order chi connectivity index (χ1) is 17.6. The van der Waals surface area contributed by atoms with Crippen LogP contribution in [-0.4, -0.2) is 87.1 Å². The highest BCUT2D eigenvalue weighted by molar-refractivity contribution is 6.33. The number of aliphatic carboxylic acids is 1. The van der Waals surface area contributed by atoms with E-state index in [2.05, 4.69) is 15.3 Å². The van der Waals surface area contributed by atoms with E-state index < -0.39 is 23.5 Å². The number of morpholine rings is 1. The Kier molecular flexibility index (Phi) is 6.82. The zero-order valence-electron chi connectivity index (χ0n) is 20.8. The topological polar surface area (TPSA) is 128 Å². The number of carboxylic acids is 1. The van der Waals surface area contributed by atoms with Crippen molar-refractivity contribution in [3.8, 4) is 0 Å². The number of piperidine rings is 1. The number of hydrogen-bond donors (Lipinski definition) is 3. The number of benzene rings is 1. The monoisotopic (exact) mass is 527 g/mol. The molecule has 0 unspecified atom stereocenters. The van der Waals surface area contributed by atoms with Gasteiger partial charge < -0.3 is 25.0 Å². The Morgan fingerprint density at radius 1 is 1.24 bits per heavy atom. The van der Waals surface area contributed by atoms with E-state index in [1.807, 2.05) is 30.9 Å². The SMILES string of the molecule is CC1(C)CN(CC(=O)N2CCC(C(=O)O)CC2)[C@H](C(=O)Nc2cc(Cl)cc3c2[nH]c2cnccc23)CO1. The van der Waals surface area contributed by atoms with Crippen molar-refractivity contribution in [2.24, 2.45) is 5.92 Å². The highest BCUT2D eigenvalue weighted by Gasteiger charge is 2.39. The van der Waals surface area contributed by atoms with Crippen molar-refractivity contribution in [1.82, 2.24) is 19.8 Å². The van der Waals surface area contributed by atoms with Crippen LogP contribution in [0, 0.1) is 5.92 Å². The zero-order chi connectivity index (χ0) is 26.3. The van der Waals surface area contributed by atoms with Gasteiger partial charge in [-0.25, -0.2) is 0 Å². The third-order valence-corrected chi connectivity index (χ3v) is 7.44. The van der Waals surface area contributed by atoms with E-state index in [0.29, 0.717) is 43.2 Å². The highest BCUT2D eigenvalue weighted by Crippen LogP contribution is 2.33. The van der Waals surface area contributed by atoms with Gasteiger partial charge in [0.1, 0.15) is 6.04 Å². The number of nitrogens with zero attached hydrogens (tertiary/aromatic N) is 3. The maximum atomic E-state index is 13.5. The van der Waals surface area contributed by atoms with Gasteiger partial charge in [0.25, 0.3) is 0 Å². The van der Waals surface area contributed by atoms with Gasteiger partial charge in [-0.1, -0.05) is 11.6 Å². The number of aromatic nitrogens is 2. The van der Waals surface area contributed by atoms with Gasteiger partial charge in [-0.2, -0.15) is 0 Å². The number of carbonyl (C=O) groups is 3. The lowest BCUT2D eigenvalue weighted by molar-refractivity contribution is -0.153. The molecule has 0 bridgehead atoms. The predicted molar refractivity (Wildman–Crippen MR) is 140 cm³/mol. The number of fused-ring (bicyclic) bond motifs is 3. The summed E-state index contributed by atoms with van der Waals surface area (Å²) in [6, 6.07) is 4.74. The fourth-order valence-electron chi connectivity index (χ4n) is 5.24. The van der Waals surface area contributed by atoms with Gasteiger partial charge in [0, 0.05) is 41.6 Å². The van der Waals surface area contributed by atoms with E-state index in [1.54, 1.807) is 23.4 Å². The summed E-state index contributed by atoms with van der Waals surface area (Å²) in [7, 11) is 0. The van der Waals surface area contributed by atoms with Crippen LogP contribution in [0.1, 0.15) is 26.7 Å².